The summed E-state index contributed by atoms with van der Waals surface area (Å²) in [4.78, 5) is 28.7. The van der Waals surface area contributed by atoms with Gasteiger partial charge in [-0.25, -0.2) is 4.79 Å². The number of carbonyl (C=O) groups is 2. The summed E-state index contributed by atoms with van der Waals surface area (Å²) in [7, 11) is 0. The predicted octanol–water partition coefficient (Wildman–Crippen LogP) is 2.03. The first kappa shape index (κ1) is 16.2. The molecule has 1 aromatic rings. The van der Waals surface area contributed by atoms with Gasteiger partial charge in [0.05, 0.1) is 6.61 Å². The van der Waals surface area contributed by atoms with Crippen molar-refractivity contribution in [2.24, 2.45) is 0 Å². The standard InChI is InChI=1S/C19H25N3O3/c23-18(15-5-6-17-14(13-15)7-12-25-17)21-8-10-22(11-9-21)19(24)20-16-3-1-2-4-16/h5-6,13,16H,1-4,7-12H2,(H,20,24). The van der Waals surface area contributed by atoms with E-state index in [0.29, 0.717) is 44.4 Å². The van der Waals surface area contributed by atoms with Gasteiger partial charge in [0.1, 0.15) is 5.75 Å². The summed E-state index contributed by atoms with van der Waals surface area (Å²) >= 11 is 0. The maximum atomic E-state index is 12.7. The highest BCUT2D eigenvalue weighted by atomic mass is 16.5. The number of hydrogen-bond acceptors (Lipinski definition) is 3. The number of ether oxygens (including phenoxy) is 1. The van der Waals surface area contributed by atoms with Crippen molar-refractivity contribution in [1.29, 1.82) is 0 Å². The fourth-order valence-corrected chi connectivity index (χ4v) is 3.95. The van der Waals surface area contributed by atoms with E-state index in [0.717, 1.165) is 30.6 Å². The molecule has 0 aromatic heterocycles. The number of urea groups is 1. The molecule has 0 radical (unpaired) electrons. The molecule has 25 heavy (non-hydrogen) atoms. The number of amides is 3. The molecule has 1 aliphatic carbocycles. The third kappa shape index (κ3) is 3.43. The summed E-state index contributed by atoms with van der Waals surface area (Å²) in [5, 5.41) is 3.12. The maximum absolute atomic E-state index is 12.7. The van der Waals surface area contributed by atoms with Crippen LogP contribution in [0.25, 0.3) is 0 Å². The number of benzene rings is 1. The van der Waals surface area contributed by atoms with Crippen molar-refractivity contribution in [2.75, 3.05) is 32.8 Å². The lowest BCUT2D eigenvalue weighted by Gasteiger charge is -2.35. The normalized spacial score (nSPS) is 20.3. The van der Waals surface area contributed by atoms with Gasteiger partial charge in [0.15, 0.2) is 0 Å². The molecule has 3 amide bonds. The molecule has 4 rings (SSSR count). The Balaban J connectivity index is 1.32. The summed E-state index contributed by atoms with van der Waals surface area (Å²) < 4.78 is 5.50. The lowest BCUT2D eigenvalue weighted by atomic mass is 10.1. The van der Waals surface area contributed by atoms with Gasteiger partial charge in [-0.3, -0.25) is 4.79 Å². The number of nitrogens with zero attached hydrogens (tertiary/aromatic N) is 2. The zero-order valence-corrected chi connectivity index (χ0v) is 14.5. The van der Waals surface area contributed by atoms with Crippen LogP contribution in [-0.4, -0.2) is 60.6 Å². The monoisotopic (exact) mass is 343 g/mol. The van der Waals surface area contributed by atoms with Crippen LogP contribution in [-0.2, 0) is 6.42 Å². The average Bonchev–Trinajstić information content (AvgIpc) is 3.32. The number of carbonyl (C=O) groups excluding carboxylic acids is 2. The lowest BCUT2D eigenvalue weighted by molar-refractivity contribution is 0.0663. The summed E-state index contributed by atoms with van der Waals surface area (Å²) in [6.45, 7) is 3.06. The molecule has 0 unspecified atom stereocenters. The topological polar surface area (TPSA) is 61.9 Å². The van der Waals surface area contributed by atoms with Crippen LogP contribution in [0.2, 0.25) is 0 Å². The van der Waals surface area contributed by atoms with Crippen LogP contribution in [0, 0.1) is 0 Å². The predicted molar refractivity (Wildman–Crippen MR) is 93.9 cm³/mol. The highest BCUT2D eigenvalue weighted by Gasteiger charge is 2.27. The highest BCUT2D eigenvalue weighted by Crippen LogP contribution is 2.26. The Hall–Kier alpha value is -2.24. The van der Waals surface area contributed by atoms with Crippen LogP contribution < -0.4 is 10.1 Å². The lowest BCUT2D eigenvalue weighted by Crippen LogP contribution is -2.54. The van der Waals surface area contributed by atoms with Gasteiger partial charge in [0.2, 0.25) is 0 Å². The zero-order valence-electron chi connectivity index (χ0n) is 14.5. The van der Waals surface area contributed by atoms with Crippen molar-refractivity contribution in [3.63, 3.8) is 0 Å². The molecule has 2 fully saturated rings. The van der Waals surface area contributed by atoms with Crippen LogP contribution in [0.5, 0.6) is 5.75 Å². The molecule has 3 aliphatic rings. The molecule has 2 aliphatic heterocycles. The molecule has 0 atom stereocenters. The van der Waals surface area contributed by atoms with E-state index in [2.05, 4.69) is 5.32 Å². The van der Waals surface area contributed by atoms with Gasteiger partial charge < -0.3 is 19.9 Å². The third-order valence-corrected chi connectivity index (χ3v) is 5.47. The molecule has 0 bridgehead atoms. The van der Waals surface area contributed by atoms with Crippen molar-refractivity contribution < 1.29 is 14.3 Å². The quantitative estimate of drug-likeness (QED) is 0.894. The van der Waals surface area contributed by atoms with E-state index < -0.39 is 0 Å². The van der Waals surface area contributed by atoms with E-state index >= 15 is 0 Å². The highest BCUT2D eigenvalue weighted by molar-refractivity contribution is 5.95. The average molecular weight is 343 g/mol. The van der Waals surface area contributed by atoms with Crippen LogP contribution in [0.4, 0.5) is 4.79 Å². The molecular formula is C19H25N3O3. The molecule has 1 N–H and O–H groups in total. The molecule has 2 heterocycles. The SMILES string of the molecule is O=C(NC1CCCC1)N1CCN(C(=O)c2ccc3c(c2)CCO3)CC1. The van der Waals surface area contributed by atoms with Gasteiger partial charge in [0, 0.05) is 44.2 Å². The van der Waals surface area contributed by atoms with E-state index in [1.165, 1.54) is 12.8 Å². The Kier molecular flexibility index (Phi) is 4.51. The van der Waals surface area contributed by atoms with Crippen LogP contribution in [0.15, 0.2) is 18.2 Å². The van der Waals surface area contributed by atoms with E-state index in [-0.39, 0.29) is 11.9 Å². The van der Waals surface area contributed by atoms with Gasteiger partial charge >= 0.3 is 6.03 Å². The number of nitrogens with one attached hydrogen (secondary N) is 1. The Morgan fingerprint density at radius 2 is 1.76 bits per heavy atom. The van der Waals surface area contributed by atoms with Crippen molar-refractivity contribution >= 4 is 11.9 Å². The van der Waals surface area contributed by atoms with E-state index in [1.807, 2.05) is 28.0 Å². The van der Waals surface area contributed by atoms with Gasteiger partial charge in [0.25, 0.3) is 5.91 Å². The summed E-state index contributed by atoms with van der Waals surface area (Å²) in [6.07, 6.45) is 5.46. The van der Waals surface area contributed by atoms with E-state index in [4.69, 9.17) is 4.74 Å². The molecule has 6 heteroatoms. The number of hydrogen-bond donors (Lipinski definition) is 1. The van der Waals surface area contributed by atoms with Crippen molar-refractivity contribution in [3.8, 4) is 5.75 Å². The minimum Gasteiger partial charge on any atom is -0.493 e. The van der Waals surface area contributed by atoms with Gasteiger partial charge in [-0.2, -0.15) is 0 Å². The zero-order chi connectivity index (χ0) is 17.2. The number of rotatable bonds is 2. The number of fused-ring (bicyclic) bond motifs is 1. The van der Waals surface area contributed by atoms with Gasteiger partial charge in [-0.15, -0.1) is 0 Å². The Bertz CT molecular complexity index is 662. The molecule has 134 valence electrons. The minimum atomic E-state index is 0.0219. The first-order valence-corrected chi connectivity index (χ1v) is 9.31. The van der Waals surface area contributed by atoms with Crippen LogP contribution in [0.3, 0.4) is 0 Å². The number of piperazine rings is 1. The van der Waals surface area contributed by atoms with Gasteiger partial charge in [-0.1, -0.05) is 12.8 Å². The fraction of sp³-hybridized carbons (Fsp3) is 0.579. The van der Waals surface area contributed by atoms with Crippen molar-refractivity contribution in [3.05, 3.63) is 29.3 Å². The van der Waals surface area contributed by atoms with Gasteiger partial charge in [-0.05, 0) is 36.6 Å². The first-order valence-electron chi connectivity index (χ1n) is 9.31. The summed E-state index contributed by atoms with van der Waals surface area (Å²) in [5.74, 6) is 0.940. The Labute approximate surface area is 148 Å². The third-order valence-electron chi connectivity index (χ3n) is 5.47. The molecule has 1 saturated heterocycles. The molecule has 1 saturated carbocycles. The smallest absolute Gasteiger partial charge is 0.317 e. The second kappa shape index (κ2) is 6.94. The Morgan fingerprint density at radius 1 is 1.04 bits per heavy atom. The first-order chi connectivity index (χ1) is 12.2. The van der Waals surface area contributed by atoms with Crippen LogP contribution in [0.1, 0.15) is 41.6 Å². The Morgan fingerprint density at radius 3 is 2.52 bits per heavy atom. The molecule has 1 aromatic carbocycles. The van der Waals surface area contributed by atoms with Crippen LogP contribution >= 0.6 is 0 Å². The maximum Gasteiger partial charge on any atom is 0.317 e. The minimum absolute atomic E-state index is 0.0219. The second-order valence-electron chi connectivity index (χ2n) is 7.13. The fourth-order valence-electron chi connectivity index (χ4n) is 3.95. The summed E-state index contributed by atoms with van der Waals surface area (Å²) in [6, 6.07) is 6.03. The van der Waals surface area contributed by atoms with E-state index in [1.54, 1.807) is 0 Å². The largest absolute Gasteiger partial charge is 0.493 e. The van der Waals surface area contributed by atoms with E-state index in [9.17, 15) is 9.59 Å². The molecule has 6 nitrogen and oxygen atoms in total. The molecule has 0 spiro atoms. The summed E-state index contributed by atoms with van der Waals surface area (Å²) in [5.41, 5.74) is 1.83. The van der Waals surface area contributed by atoms with Crippen molar-refractivity contribution in [2.45, 2.75) is 38.1 Å². The molecular weight excluding hydrogens is 318 g/mol. The van der Waals surface area contributed by atoms with Crippen molar-refractivity contribution in [1.82, 2.24) is 15.1 Å². The second-order valence-corrected chi connectivity index (χ2v) is 7.13.